The molecule has 0 spiro atoms. The van der Waals surface area contributed by atoms with Crippen molar-refractivity contribution in [3.05, 3.63) is 66.7 Å². The Morgan fingerprint density at radius 1 is 0.937 bits per heavy atom. The largest absolute Gasteiger partial charge is 0.491 e. The van der Waals surface area contributed by atoms with Crippen molar-refractivity contribution >= 4 is 50.4 Å². The van der Waals surface area contributed by atoms with E-state index in [9.17, 15) is 27.6 Å². The van der Waals surface area contributed by atoms with E-state index in [4.69, 9.17) is 24.3 Å². The van der Waals surface area contributed by atoms with Gasteiger partial charge in [0.1, 0.15) is 35.6 Å². The molecule has 2 aromatic carbocycles. The van der Waals surface area contributed by atoms with Crippen molar-refractivity contribution in [3.63, 3.8) is 0 Å². The van der Waals surface area contributed by atoms with Gasteiger partial charge < -0.3 is 29.7 Å². The van der Waals surface area contributed by atoms with Gasteiger partial charge in [-0.25, -0.2) is 18.2 Å². The Balaban J connectivity index is 1.05. The van der Waals surface area contributed by atoms with Crippen LogP contribution in [0.25, 0.3) is 27.8 Å². The van der Waals surface area contributed by atoms with Crippen molar-refractivity contribution in [3.8, 4) is 22.9 Å². The quantitative estimate of drug-likeness (QED) is 0.165. The first-order valence-corrected chi connectivity index (χ1v) is 24.0. The summed E-state index contributed by atoms with van der Waals surface area (Å²) in [5, 5.41) is 10.8. The molecule has 16 nitrogen and oxygen atoms in total. The molecule has 5 atom stereocenters. The highest BCUT2D eigenvalue weighted by atomic mass is 32.2. The van der Waals surface area contributed by atoms with Crippen LogP contribution in [0.4, 0.5) is 4.79 Å². The third-order valence-electron chi connectivity index (χ3n) is 12.8. The SMILES string of the molecule is CC(C)Oc1ccc(-c2cc(O[C@@H]3C[C@H]4C(=O)N[C@]5(C(=O)NS(=O)(=O)C6CC6)C[C@H]5/C=C\CCCCC[C@@H](NC(=O)OC5CCCC5)C(=O)N4C3)n3nc4ccccc4c3n2)cc1. The van der Waals surface area contributed by atoms with Gasteiger partial charge in [-0.15, -0.1) is 0 Å². The van der Waals surface area contributed by atoms with Gasteiger partial charge in [0.05, 0.1) is 29.1 Å². The summed E-state index contributed by atoms with van der Waals surface area (Å²) in [6.07, 6.45) is 10.0. The molecule has 3 saturated carbocycles. The van der Waals surface area contributed by atoms with Crippen molar-refractivity contribution < 1.29 is 41.8 Å². The molecule has 17 heteroatoms. The number of nitrogens with one attached hydrogen (secondary N) is 3. The molecular formula is C46H55N7O9S. The number of carbonyl (C=O) groups excluding carboxylic acids is 4. The first-order chi connectivity index (χ1) is 30.4. The summed E-state index contributed by atoms with van der Waals surface area (Å²) in [7, 11) is -3.92. The van der Waals surface area contributed by atoms with Crippen molar-refractivity contribution in [2.45, 2.75) is 139 Å². The van der Waals surface area contributed by atoms with Crippen LogP contribution in [0.1, 0.15) is 97.3 Å². The molecule has 4 amide bonds. The number of hydrogen-bond acceptors (Lipinski definition) is 11. The molecular weight excluding hydrogens is 827 g/mol. The highest BCUT2D eigenvalue weighted by Gasteiger charge is 2.62. The molecule has 5 aliphatic rings. The fourth-order valence-corrected chi connectivity index (χ4v) is 10.5. The summed E-state index contributed by atoms with van der Waals surface area (Å²) >= 11 is 0. The predicted molar refractivity (Wildman–Crippen MR) is 233 cm³/mol. The Kier molecular flexibility index (Phi) is 11.8. The average Bonchev–Trinajstić information content (AvgIpc) is 4.06. The fourth-order valence-electron chi connectivity index (χ4n) is 9.17. The number of alkyl carbamates (subject to hydrolysis) is 1. The zero-order valence-corrected chi connectivity index (χ0v) is 36.5. The van der Waals surface area contributed by atoms with Crippen LogP contribution in [-0.2, 0) is 29.1 Å². The molecule has 0 unspecified atom stereocenters. The summed E-state index contributed by atoms with van der Waals surface area (Å²) in [5.41, 5.74) is 1.13. The number of rotatable bonds is 10. The molecule has 334 valence electrons. The van der Waals surface area contributed by atoms with Crippen LogP contribution in [0, 0.1) is 5.92 Å². The lowest BCUT2D eigenvalue weighted by atomic mass is 10.0. The lowest BCUT2D eigenvalue weighted by Crippen LogP contribution is -2.58. The van der Waals surface area contributed by atoms with Crippen molar-refractivity contribution in [2.24, 2.45) is 5.92 Å². The van der Waals surface area contributed by atoms with Gasteiger partial charge in [0.25, 0.3) is 5.91 Å². The van der Waals surface area contributed by atoms with E-state index in [2.05, 4.69) is 15.4 Å². The van der Waals surface area contributed by atoms with Crippen LogP contribution in [0.3, 0.4) is 0 Å². The van der Waals surface area contributed by atoms with Crippen LogP contribution < -0.4 is 24.8 Å². The number of allylic oxidation sites excluding steroid dienone is 1. The Labute approximate surface area is 366 Å². The first kappa shape index (κ1) is 42.6. The van der Waals surface area contributed by atoms with Gasteiger partial charge in [0.15, 0.2) is 5.65 Å². The van der Waals surface area contributed by atoms with Crippen LogP contribution in [0.15, 0.2) is 66.7 Å². The van der Waals surface area contributed by atoms with Crippen molar-refractivity contribution in [1.29, 1.82) is 0 Å². The number of amides is 4. The summed E-state index contributed by atoms with van der Waals surface area (Å²) < 4.78 is 48.2. The predicted octanol–water partition coefficient (Wildman–Crippen LogP) is 5.73. The lowest BCUT2D eigenvalue weighted by Gasteiger charge is -2.30. The van der Waals surface area contributed by atoms with E-state index in [0.29, 0.717) is 54.8 Å². The first-order valence-electron chi connectivity index (χ1n) is 22.4. The molecule has 2 aromatic heterocycles. The number of benzene rings is 2. The minimum Gasteiger partial charge on any atom is -0.491 e. The highest BCUT2D eigenvalue weighted by Crippen LogP contribution is 2.46. The number of nitrogens with zero attached hydrogens (tertiary/aromatic N) is 4. The standard InChI is InChI=1S/C46H55N7O9S/c1-28(2)60-32-20-18-29(19-21-32)38-25-40(53-41(47-38)35-15-10-11-16-36(35)50-53)61-33-24-39-42(54)49-46(44(56)51-63(58,59)34-22-23-34)26-30(46)12-6-4-3-5-7-17-37(43(55)52(39)27-33)48-45(57)62-31-13-8-9-14-31/h6,10-12,15-16,18-21,25,28,30-31,33-34,37,39H,3-5,7-9,13-14,17,22-24,26-27H2,1-2H3,(H,48,57)(H,49,54)(H,51,56)/b12-6-/t30-,33-,37-,39+,46-/m1/s1. The van der Waals surface area contributed by atoms with E-state index < -0.39 is 68.7 Å². The van der Waals surface area contributed by atoms with Gasteiger partial charge in [-0.3, -0.25) is 19.1 Å². The number of ether oxygens (including phenoxy) is 3. The number of carbonyl (C=O) groups is 4. The van der Waals surface area contributed by atoms with E-state index >= 15 is 0 Å². The summed E-state index contributed by atoms with van der Waals surface area (Å²) in [6, 6.07) is 14.8. The lowest BCUT2D eigenvalue weighted by molar-refractivity contribution is -0.141. The van der Waals surface area contributed by atoms with E-state index in [1.54, 1.807) is 10.6 Å². The van der Waals surface area contributed by atoms with E-state index in [1.807, 2.05) is 74.5 Å². The molecule has 0 radical (unpaired) electrons. The molecule has 4 fully saturated rings. The molecule has 0 bridgehead atoms. The molecule has 9 rings (SSSR count). The van der Waals surface area contributed by atoms with Gasteiger partial charge in [-0.1, -0.05) is 37.1 Å². The zero-order chi connectivity index (χ0) is 43.9. The molecule has 4 heterocycles. The molecule has 1 saturated heterocycles. The van der Waals surface area contributed by atoms with E-state index in [1.165, 1.54) is 4.90 Å². The normalized spacial score (nSPS) is 26.3. The second-order valence-electron chi connectivity index (χ2n) is 17.9. The fraction of sp³-hybridized carbons (Fsp3) is 0.522. The summed E-state index contributed by atoms with van der Waals surface area (Å²) in [5.74, 6) is -1.29. The molecule has 63 heavy (non-hydrogen) atoms. The maximum absolute atomic E-state index is 14.8. The van der Waals surface area contributed by atoms with Crippen LogP contribution in [-0.4, -0.2) is 99.5 Å². The molecule has 3 aliphatic carbocycles. The Bertz CT molecular complexity index is 2530. The minimum atomic E-state index is -3.92. The smallest absolute Gasteiger partial charge is 0.408 e. The summed E-state index contributed by atoms with van der Waals surface area (Å²) in [4.78, 5) is 63.2. The van der Waals surface area contributed by atoms with Crippen LogP contribution in [0.2, 0.25) is 0 Å². The van der Waals surface area contributed by atoms with E-state index in [-0.39, 0.29) is 31.6 Å². The maximum Gasteiger partial charge on any atom is 0.408 e. The molecule has 3 N–H and O–H groups in total. The average molecular weight is 882 g/mol. The second-order valence-corrected chi connectivity index (χ2v) is 19.9. The van der Waals surface area contributed by atoms with E-state index in [0.717, 1.165) is 55.2 Å². The third kappa shape index (κ3) is 9.20. The maximum atomic E-state index is 14.8. The number of sulfonamides is 1. The molecule has 4 aromatic rings. The van der Waals surface area contributed by atoms with Gasteiger partial charge in [-0.05, 0) is 114 Å². The van der Waals surface area contributed by atoms with Gasteiger partial charge in [0, 0.05) is 29.4 Å². The molecule has 2 aliphatic heterocycles. The Hall–Kier alpha value is -5.71. The topological polar surface area (TPSA) is 200 Å². The van der Waals surface area contributed by atoms with Crippen molar-refractivity contribution in [2.75, 3.05) is 6.54 Å². The zero-order valence-electron chi connectivity index (χ0n) is 35.7. The van der Waals surface area contributed by atoms with Gasteiger partial charge in [0.2, 0.25) is 27.7 Å². The monoisotopic (exact) mass is 881 g/mol. The Morgan fingerprint density at radius 2 is 1.70 bits per heavy atom. The van der Waals surface area contributed by atoms with Gasteiger partial charge >= 0.3 is 6.09 Å². The Morgan fingerprint density at radius 3 is 2.46 bits per heavy atom. The van der Waals surface area contributed by atoms with Crippen molar-refractivity contribution in [1.82, 2.24) is 34.9 Å². The van der Waals surface area contributed by atoms with Crippen LogP contribution >= 0.6 is 0 Å². The number of hydrogen-bond donors (Lipinski definition) is 3. The highest BCUT2D eigenvalue weighted by molar-refractivity contribution is 7.91. The second kappa shape index (κ2) is 17.5. The van der Waals surface area contributed by atoms with Crippen LogP contribution in [0.5, 0.6) is 11.6 Å². The summed E-state index contributed by atoms with van der Waals surface area (Å²) in [6.45, 7) is 3.89. The number of aromatic nitrogens is 3. The van der Waals surface area contributed by atoms with Gasteiger partial charge in [-0.2, -0.15) is 9.61 Å². The number of fused-ring (bicyclic) bond motifs is 5. The minimum absolute atomic E-state index is 0.00332. The third-order valence-corrected chi connectivity index (χ3v) is 14.6.